The number of nitrogens with zero attached hydrogens (tertiary/aromatic N) is 1. The summed E-state index contributed by atoms with van der Waals surface area (Å²) < 4.78 is 2.38. The Labute approximate surface area is 314 Å². The van der Waals surface area contributed by atoms with Gasteiger partial charge in [-0.2, -0.15) is 0 Å². The smallest absolute Gasteiger partial charge is 0.0541 e. The zero-order valence-electron chi connectivity index (χ0n) is 30.8. The zero-order valence-corrected chi connectivity index (χ0v) is 30.8. The summed E-state index contributed by atoms with van der Waals surface area (Å²) in [6, 6.07) is 65.0. The number of aryl methyl sites for hydroxylation is 1. The molecule has 0 spiro atoms. The van der Waals surface area contributed by atoms with Crippen molar-refractivity contribution in [2.75, 3.05) is 0 Å². The van der Waals surface area contributed by atoms with Crippen molar-refractivity contribution >= 4 is 33.0 Å². The molecule has 1 nitrogen and oxygen atoms in total. The second-order valence-electron chi connectivity index (χ2n) is 13.0. The quantitative estimate of drug-likeness (QED) is 0.170. The number of allylic oxidation sites excluding steroid dienone is 6. The largest absolute Gasteiger partial charge is 0.309 e. The van der Waals surface area contributed by atoms with Gasteiger partial charge in [-0.05, 0) is 100 Å². The van der Waals surface area contributed by atoms with Crippen molar-refractivity contribution in [2.24, 2.45) is 0 Å². The lowest BCUT2D eigenvalue weighted by Crippen LogP contribution is -1.94. The minimum absolute atomic E-state index is 0.921. The molecule has 258 valence electrons. The molecule has 8 aromatic rings. The first kappa shape index (κ1) is 35.0. The number of aromatic nitrogens is 1. The first-order valence-corrected chi connectivity index (χ1v) is 18.7. The maximum atomic E-state index is 2.38. The van der Waals surface area contributed by atoms with E-state index in [1.807, 2.05) is 32.0 Å². The number of para-hydroxylation sites is 2. The number of hydrogen-bond acceptors (Lipinski definition) is 0. The normalized spacial score (nSPS) is 12.1. The van der Waals surface area contributed by atoms with Crippen LogP contribution in [-0.4, -0.2) is 4.57 Å². The van der Waals surface area contributed by atoms with Crippen molar-refractivity contribution in [1.82, 2.24) is 4.57 Å². The monoisotopic (exact) mass is 683 g/mol. The van der Waals surface area contributed by atoms with Gasteiger partial charge in [0.25, 0.3) is 0 Å². The minimum atomic E-state index is 0.921. The van der Waals surface area contributed by atoms with Crippen LogP contribution in [0.2, 0.25) is 0 Å². The Balaban J connectivity index is 0.000000431. The van der Waals surface area contributed by atoms with Gasteiger partial charge in [-0.25, -0.2) is 0 Å². The second kappa shape index (κ2) is 16.7. The molecular weight excluding hydrogens is 639 g/mol. The predicted molar refractivity (Wildman–Crippen MR) is 230 cm³/mol. The van der Waals surface area contributed by atoms with E-state index in [1.165, 1.54) is 77.6 Å². The summed E-state index contributed by atoms with van der Waals surface area (Å²) in [5.74, 6) is 0. The molecule has 0 bridgehead atoms. The molecule has 0 aliphatic heterocycles. The molecule has 0 saturated carbocycles. The summed E-state index contributed by atoms with van der Waals surface area (Å²) in [7, 11) is 0. The predicted octanol–water partition coefficient (Wildman–Crippen LogP) is 14.6. The van der Waals surface area contributed by atoms with Crippen LogP contribution in [0.4, 0.5) is 0 Å². The van der Waals surface area contributed by atoms with Gasteiger partial charge < -0.3 is 4.57 Å². The van der Waals surface area contributed by atoms with Crippen LogP contribution in [0.25, 0.3) is 60.9 Å². The second-order valence-corrected chi connectivity index (χ2v) is 13.0. The van der Waals surface area contributed by atoms with Gasteiger partial charge >= 0.3 is 0 Å². The maximum Gasteiger partial charge on any atom is 0.0541 e. The fraction of sp³-hybridized carbons (Fsp3) is 0.0769. The van der Waals surface area contributed by atoms with Crippen molar-refractivity contribution < 1.29 is 0 Å². The Morgan fingerprint density at radius 2 is 0.887 bits per heavy atom. The van der Waals surface area contributed by atoms with Crippen LogP contribution >= 0.6 is 0 Å². The summed E-state index contributed by atoms with van der Waals surface area (Å²) in [6.45, 7) is 6.08. The molecule has 53 heavy (non-hydrogen) atoms. The molecule has 0 amide bonds. The van der Waals surface area contributed by atoms with E-state index in [0.29, 0.717) is 0 Å². The number of rotatable bonds is 5. The van der Waals surface area contributed by atoms with Crippen molar-refractivity contribution in [1.29, 1.82) is 0 Å². The topological polar surface area (TPSA) is 4.93 Å². The van der Waals surface area contributed by atoms with Crippen molar-refractivity contribution in [3.05, 3.63) is 223 Å². The van der Waals surface area contributed by atoms with Gasteiger partial charge in [-0.3, -0.25) is 0 Å². The van der Waals surface area contributed by atoms with Crippen LogP contribution in [0.3, 0.4) is 0 Å². The number of hydrogen-bond donors (Lipinski definition) is 0. The van der Waals surface area contributed by atoms with E-state index in [0.717, 1.165) is 6.42 Å². The summed E-state index contributed by atoms with van der Waals surface area (Å²) in [6.07, 6.45) is 10.0. The van der Waals surface area contributed by atoms with E-state index < -0.39 is 0 Å². The fourth-order valence-electron chi connectivity index (χ4n) is 6.99. The van der Waals surface area contributed by atoms with Gasteiger partial charge in [0, 0.05) is 16.5 Å². The van der Waals surface area contributed by atoms with Gasteiger partial charge in [-0.15, -0.1) is 0 Å². The molecule has 0 saturated heterocycles. The molecule has 7 aromatic carbocycles. The standard InChI is InChI=1S/C43H31N.C7H8.C2H6/c1-2-13-31(14-3-1)32-15-4-5-16-33(27-32)34-17-10-18-35(28-34)36-19-11-20-37(29-36)38-21-12-22-39(30-38)44-42-25-8-6-23-40(42)41-24-7-9-26-43(41)44;1-7-5-3-2-4-6-7;1-2/h1-4,6-30H,5H2;2-6H,1H3;1-2H3. The third-order valence-corrected chi connectivity index (χ3v) is 9.54. The summed E-state index contributed by atoms with van der Waals surface area (Å²) >= 11 is 0. The van der Waals surface area contributed by atoms with Crippen LogP contribution in [0, 0.1) is 6.92 Å². The molecule has 1 aliphatic rings. The number of fused-ring (bicyclic) bond motifs is 3. The molecule has 1 heterocycles. The molecule has 0 fully saturated rings. The summed E-state index contributed by atoms with van der Waals surface area (Å²) in [5.41, 5.74) is 14.8. The van der Waals surface area contributed by atoms with Crippen LogP contribution in [0.5, 0.6) is 0 Å². The first-order valence-electron chi connectivity index (χ1n) is 18.7. The molecular formula is C52H45N. The maximum absolute atomic E-state index is 2.38. The van der Waals surface area contributed by atoms with Gasteiger partial charge in [0.15, 0.2) is 0 Å². The van der Waals surface area contributed by atoms with Crippen LogP contribution < -0.4 is 0 Å². The van der Waals surface area contributed by atoms with Gasteiger partial charge in [0.05, 0.1) is 11.0 Å². The van der Waals surface area contributed by atoms with E-state index in [9.17, 15) is 0 Å². The summed E-state index contributed by atoms with van der Waals surface area (Å²) in [4.78, 5) is 0. The molecule has 1 aliphatic carbocycles. The van der Waals surface area contributed by atoms with E-state index in [1.54, 1.807) is 0 Å². The fourth-order valence-corrected chi connectivity index (χ4v) is 6.99. The van der Waals surface area contributed by atoms with Crippen molar-refractivity contribution in [3.63, 3.8) is 0 Å². The van der Waals surface area contributed by atoms with E-state index in [2.05, 4.69) is 200 Å². The first-order chi connectivity index (χ1) is 26.2. The van der Waals surface area contributed by atoms with Crippen molar-refractivity contribution in [2.45, 2.75) is 27.2 Å². The molecule has 0 N–H and O–H groups in total. The molecule has 9 rings (SSSR count). The van der Waals surface area contributed by atoms with Crippen molar-refractivity contribution in [3.8, 4) is 27.9 Å². The average Bonchev–Trinajstić information content (AvgIpc) is 3.37. The highest BCUT2D eigenvalue weighted by atomic mass is 15.0. The van der Waals surface area contributed by atoms with E-state index >= 15 is 0 Å². The Morgan fingerprint density at radius 1 is 0.415 bits per heavy atom. The highest BCUT2D eigenvalue weighted by Gasteiger charge is 2.13. The SMILES string of the molecule is C1=CC(c2ccccc2)=CC(c2cccc(-c3cccc(-c4cccc(-n5c6ccccc6c6ccccc65)c4)c3)c2)=CC1.CC.Cc1ccccc1. The summed E-state index contributed by atoms with van der Waals surface area (Å²) in [5, 5.41) is 2.56. The highest BCUT2D eigenvalue weighted by Crippen LogP contribution is 2.35. The third-order valence-electron chi connectivity index (χ3n) is 9.54. The lowest BCUT2D eigenvalue weighted by Gasteiger charge is -2.12. The Morgan fingerprint density at radius 3 is 1.47 bits per heavy atom. The van der Waals surface area contributed by atoms with E-state index in [4.69, 9.17) is 0 Å². The van der Waals surface area contributed by atoms with Gasteiger partial charge in [-0.1, -0.05) is 183 Å². The van der Waals surface area contributed by atoms with Gasteiger partial charge in [0.2, 0.25) is 0 Å². The Hall–Kier alpha value is -6.44. The zero-order chi connectivity index (χ0) is 36.4. The van der Waals surface area contributed by atoms with Crippen LogP contribution in [0.15, 0.2) is 206 Å². The van der Waals surface area contributed by atoms with E-state index in [-0.39, 0.29) is 0 Å². The van der Waals surface area contributed by atoms with Crippen LogP contribution in [-0.2, 0) is 0 Å². The molecule has 1 aromatic heterocycles. The third kappa shape index (κ3) is 7.91. The molecule has 0 radical (unpaired) electrons. The lowest BCUT2D eigenvalue weighted by atomic mass is 9.94. The molecule has 1 heteroatoms. The number of benzene rings is 7. The molecule has 0 unspecified atom stereocenters. The Kier molecular flexibility index (Phi) is 11.0. The van der Waals surface area contributed by atoms with Crippen LogP contribution in [0.1, 0.15) is 37.0 Å². The molecule has 0 atom stereocenters. The highest BCUT2D eigenvalue weighted by molar-refractivity contribution is 6.09. The van der Waals surface area contributed by atoms with Gasteiger partial charge in [0.1, 0.15) is 0 Å². The minimum Gasteiger partial charge on any atom is -0.309 e. The Bertz CT molecular complexity index is 2490. The average molecular weight is 684 g/mol. The lowest BCUT2D eigenvalue weighted by molar-refractivity contribution is 1.18.